The SMILES string of the molecule is CC(c1ccc(N)cc1F)N1CCN(C)CC1. The summed E-state index contributed by atoms with van der Waals surface area (Å²) in [5.74, 6) is -0.198. The van der Waals surface area contributed by atoms with E-state index in [1.807, 2.05) is 0 Å². The van der Waals surface area contributed by atoms with Crippen LogP contribution in [-0.4, -0.2) is 43.0 Å². The molecule has 2 rings (SSSR count). The number of nitrogens with two attached hydrogens (primary N) is 1. The van der Waals surface area contributed by atoms with Gasteiger partial charge in [0.25, 0.3) is 0 Å². The van der Waals surface area contributed by atoms with Gasteiger partial charge in [0.05, 0.1) is 0 Å². The number of anilines is 1. The number of piperazine rings is 1. The number of halogens is 1. The Labute approximate surface area is 102 Å². The maximum Gasteiger partial charge on any atom is 0.130 e. The lowest BCUT2D eigenvalue weighted by Crippen LogP contribution is -2.45. The molecular formula is C13H20FN3. The number of likely N-dealkylation sites (N-methyl/N-ethyl adjacent to an activating group) is 1. The van der Waals surface area contributed by atoms with Crippen LogP contribution in [0.25, 0.3) is 0 Å². The average Bonchev–Trinajstić information content (AvgIpc) is 2.29. The van der Waals surface area contributed by atoms with Gasteiger partial charge < -0.3 is 10.6 Å². The van der Waals surface area contributed by atoms with E-state index in [4.69, 9.17) is 5.73 Å². The highest BCUT2D eigenvalue weighted by Crippen LogP contribution is 2.25. The zero-order valence-electron chi connectivity index (χ0n) is 10.5. The van der Waals surface area contributed by atoms with E-state index in [2.05, 4.69) is 23.8 Å². The summed E-state index contributed by atoms with van der Waals surface area (Å²) in [7, 11) is 2.12. The van der Waals surface area contributed by atoms with Gasteiger partial charge in [-0.2, -0.15) is 0 Å². The maximum atomic E-state index is 13.8. The minimum absolute atomic E-state index is 0.115. The molecule has 2 N–H and O–H groups in total. The Balaban J connectivity index is 2.11. The second kappa shape index (κ2) is 5.02. The summed E-state index contributed by atoms with van der Waals surface area (Å²) in [6.45, 7) is 6.12. The molecule has 0 aliphatic carbocycles. The van der Waals surface area contributed by atoms with Crippen molar-refractivity contribution >= 4 is 5.69 Å². The van der Waals surface area contributed by atoms with Gasteiger partial charge in [-0.1, -0.05) is 6.07 Å². The van der Waals surface area contributed by atoms with Gasteiger partial charge in [-0.15, -0.1) is 0 Å². The van der Waals surface area contributed by atoms with E-state index in [9.17, 15) is 4.39 Å². The summed E-state index contributed by atoms with van der Waals surface area (Å²) in [5.41, 5.74) is 6.79. The first-order chi connectivity index (χ1) is 8.08. The van der Waals surface area contributed by atoms with Crippen molar-refractivity contribution in [2.45, 2.75) is 13.0 Å². The molecule has 1 aliphatic heterocycles. The Hall–Kier alpha value is -1.13. The molecule has 94 valence electrons. The fourth-order valence-corrected chi connectivity index (χ4v) is 2.29. The molecule has 0 radical (unpaired) electrons. The van der Waals surface area contributed by atoms with Gasteiger partial charge in [-0.05, 0) is 26.1 Å². The predicted octanol–water partition coefficient (Wildman–Crippen LogP) is 1.72. The van der Waals surface area contributed by atoms with Crippen LogP contribution in [0.5, 0.6) is 0 Å². The Bertz CT molecular complexity index is 386. The first kappa shape index (κ1) is 12.3. The second-order valence-electron chi connectivity index (χ2n) is 4.80. The Morgan fingerprint density at radius 3 is 2.47 bits per heavy atom. The van der Waals surface area contributed by atoms with Crippen molar-refractivity contribution in [2.24, 2.45) is 0 Å². The summed E-state index contributed by atoms with van der Waals surface area (Å²) in [5, 5.41) is 0. The minimum Gasteiger partial charge on any atom is -0.399 e. The van der Waals surface area contributed by atoms with Crippen molar-refractivity contribution in [3.8, 4) is 0 Å². The Kier molecular flexibility index (Phi) is 3.64. The summed E-state index contributed by atoms with van der Waals surface area (Å²) >= 11 is 0. The Morgan fingerprint density at radius 1 is 1.24 bits per heavy atom. The molecule has 1 unspecified atom stereocenters. The van der Waals surface area contributed by atoms with Crippen molar-refractivity contribution in [3.63, 3.8) is 0 Å². The second-order valence-corrected chi connectivity index (χ2v) is 4.80. The van der Waals surface area contributed by atoms with Gasteiger partial charge >= 0.3 is 0 Å². The van der Waals surface area contributed by atoms with Crippen LogP contribution in [0.2, 0.25) is 0 Å². The standard InChI is InChI=1S/C13H20FN3/c1-10(17-7-5-16(2)6-8-17)12-4-3-11(15)9-13(12)14/h3-4,9-10H,5-8,15H2,1-2H3. The lowest BCUT2D eigenvalue weighted by molar-refractivity contribution is 0.117. The van der Waals surface area contributed by atoms with Gasteiger partial charge in [0.2, 0.25) is 0 Å². The average molecular weight is 237 g/mol. The van der Waals surface area contributed by atoms with Crippen LogP contribution in [0.3, 0.4) is 0 Å². The molecule has 0 bridgehead atoms. The van der Waals surface area contributed by atoms with Gasteiger partial charge in [0.15, 0.2) is 0 Å². The minimum atomic E-state index is -0.198. The number of nitrogens with zero attached hydrogens (tertiary/aromatic N) is 2. The molecule has 1 aromatic rings. The third kappa shape index (κ3) is 2.76. The molecular weight excluding hydrogens is 217 g/mol. The first-order valence-corrected chi connectivity index (χ1v) is 6.05. The molecule has 0 spiro atoms. The van der Waals surface area contributed by atoms with Crippen molar-refractivity contribution in [3.05, 3.63) is 29.6 Å². The molecule has 0 saturated carbocycles. The van der Waals surface area contributed by atoms with E-state index in [1.165, 1.54) is 6.07 Å². The predicted molar refractivity (Wildman–Crippen MR) is 68.3 cm³/mol. The zero-order chi connectivity index (χ0) is 12.4. The quantitative estimate of drug-likeness (QED) is 0.795. The van der Waals surface area contributed by atoms with Crippen LogP contribution in [-0.2, 0) is 0 Å². The summed E-state index contributed by atoms with van der Waals surface area (Å²) in [6, 6.07) is 5.09. The Morgan fingerprint density at radius 2 is 1.88 bits per heavy atom. The molecule has 1 atom stereocenters. The number of nitrogen functional groups attached to an aromatic ring is 1. The van der Waals surface area contributed by atoms with E-state index in [0.717, 1.165) is 31.7 Å². The third-order valence-electron chi connectivity index (χ3n) is 3.56. The van der Waals surface area contributed by atoms with Gasteiger partial charge in [-0.25, -0.2) is 4.39 Å². The van der Waals surface area contributed by atoms with Gasteiger partial charge in [0, 0.05) is 43.5 Å². The van der Waals surface area contributed by atoms with Crippen molar-refractivity contribution in [2.75, 3.05) is 39.0 Å². The summed E-state index contributed by atoms with van der Waals surface area (Å²) in [6.07, 6.45) is 0. The van der Waals surface area contributed by atoms with Crippen LogP contribution in [0.1, 0.15) is 18.5 Å². The van der Waals surface area contributed by atoms with E-state index in [-0.39, 0.29) is 11.9 Å². The monoisotopic (exact) mass is 237 g/mol. The van der Waals surface area contributed by atoms with Crippen molar-refractivity contribution in [1.29, 1.82) is 0 Å². The number of rotatable bonds is 2. The topological polar surface area (TPSA) is 32.5 Å². The molecule has 1 heterocycles. The van der Waals surface area contributed by atoms with Crippen LogP contribution < -0.4 is 5.73 Å². The fraction of sp³-hybridized carbons (Fsp3) is 0.538. The smallest absolute Gasteiger partial charge is 0.130 e. The molecule has 3 nitrogen and oxygen atoms in total. The largest absolute Gasteiger partial charge is 0.399 e. The highest BCUT2D eigenvalue weighted by atomic mass is 19.1. The van der Waals surface area contributed by atoms with E-state index < -0.39 is 0 Å². The molecule has 0 aromatic heterocycles. The molecule has 1 aliphatic rings. The van der Waals surface area contributed by atoms with Crippen LogP contribution in [0.15, 0.2) is 18.2 Å². The fourth-order valence-electron chi connectivity index (χ4n) is 2.29. The number of hydrogen-bond donors (Lipinski definition) is 1. The summed E-state index contributed by atoms with van der Waals surface area (Å²) < 4.78 is 13.8. The van der Waals surface area contributed by atoms with Crippen LogP contribution in [0.4, 0.5) is 10.1 Å². The zero-order valence-corrected chi connectivity index (χ0v) is 10.5. The first-order valence-electron chi connectivity index (χ1n) is 6.05. The highest BCUT2D eigenvalue weighted by Gasteiger charge is 2.22. The third-order valence-corrected chi connectivity index (χ3v) is 3.56. The number of benzene rings is 1. The van der Waals surface area contributed by atoms with E-state index in [0.29, 0.717) is 5.69 Å². The molecule has 1 aromatic carbocycles. The molecule has 4 heteroatoms. The number of hydrogen-bond acceptors (Lipinski definition) is 3. The molecule has 1 fully saturated rings. The van der Waals surface area contributed by atoms with Gasteiger partial charge in [0.1, 0.15) is 5.82 Å². The summed E-state index contributed by atoms with van der Waals surface area (Å²) in [4.78, 5) is 4.61. The molecule has 17 heavy (non-hydrogen) atoms. The van der Waals surface area contributed by atoms with Crippen LogP contribution >= 0.6 is 0 Å². The lowest BCUT2D eigenvalue weighted by Gasteiger charge is -2.36. The van der Waals surface area contributed by atoms with Crippen LogP contribution in [0, 0.1) is 5.82 Å². The van der Waals surface area contributed by atoms with Crippen molar-refractivity contribution < 1.29 is 4.39 Å². The van der Waals surface area contributed by atoms with E-state index in [1.54, 1.807) is 12.1 Å². The molecule has 0 amide bonds. The van der Waals surface area contributed by atoms with Gasteiger partial charge in [-0.3, -0.25) is 4.90 Å². The van der Waals surface area contributed by atoms with Crippen molar-refractivity contribution in [1.82, 2.24) is 9.80 Å². The normalized spacial score (nSPS) is 20.4. The highest BCUT2D eigenvalue weighted by molar-refractivity contribution is 5.41. The lowest BCUT2D eigenvalue weighted by atomic mass is 10.0. The molecule has 1 saturated heterocycles. The van der Waals surface area contributed by atoms with E-state index >= 15 is 0 Å². The maximum absolute atomic E-state index is 13.8.